The Morgan fingerprint density at radius 2 is 2.14 bits per heavy atom. The number of rotatable bonds is 4. The van der Waals surface area contributed by atoms with Gasteiger partial charge in [0.15, 0.2) is 10.8 Å². The molecule has 1 atom stereocenters. The topological polar surface area (TPSA) is 67.6 Å². The second kappa shape index (κ2) is 5.71. The number of fused-ring (bicyclic) bond motifs is 1. The molecule has 22 heavy (non-hydrogen) atoms. The number of hydrogen-bond donors (Lipinski definition) is 2. The van der Waals surface area contributed by atoms with Crippen LogP contribution in [0.5, 0.6) is 0 Å². The maximum absolute atomic E-state index is 6.21. The van der Waals surface area contributed by atoms with Crippen molar-refractivity contribution >= 4 is 22.6 Å². The van der Waals surface area contributed by atoms with Crippen LogP contribution in [0.4, 0.5) is 0 Å². The maximum atomic E-state index is 6.21. The van der Waals surface area contributed by atoms with Crippen LogP contribution < -0.4 is 5.73 Å². The van der Waals surface area contributed by atoms with Gasteiger partial charge in [0.25, 0.3) is 0 Å². The van der Waals surface area contributed by atoms with Gasteiger partial charge in [0, 0.05) is 18.2 Å². The highest BCUT2D eigenvalue weighted by molar-refractivity contribution is 6.35. The van der Waals surface area contributed by atoms with E-state index in [0.29, 0.717) is 17.3 Å². The van der Waals surface area contributed by atoms with E-state index in [1.165, 1.54) is 5.56 Å². The molecule has 114 valence electrons. The summed E-state index contributed by atoms with van der Waals surface area (Å²) in [6, 6.07) is 10.4. The summed E-state index contributed by atoms with van der Waals surface area (Å²) in [5, 5.41) is 8.19. The molecule has 2 aromatic heterocycles. The standard InChI is InChI=1S/C17H19ClN4/c1-3-17(2,10-19)12-6-4-5-11(9-12)13-7-8-20-16-14(13)15(18)21-22-16/h4-9H,3,10,19H2,1-2H3,(H,20,21,22). The minimum absolute atomic E-state index is 0.0254. The molecule has 0 spiro atoms. The van der Waals surface area contributed by atoms with E-state index < -0.39 is 0 Å². The Labute approximate surface area is 134 Å². The first-order valence-corrected chi connectivity index (χ1v) is 7.76. The largest absolute Gasteiger partial charge is 0.330 e. The highest BCUT2D eigenvalue weighted by atomic mass is 35.5. The monoisotopic (exact) mass is 314 g/mol. The molecule has 1 unspecified atom stereocenters. The highest BCUT2D eigenvalue weighted by Crippen LogP contribution is 2.34. The molecule has 0 amide bonds. The molecule has 0 fully saturated rings. The van der Waals surface area contributed by atoms with Crippen molar-refractivity contribution in [3.8, 4) is 11.1 Å². The van der Waals surface area contributed by atoms with Crippen LogP contribution in [-0.4, -0.2) is 21.7 Å². The van der Waals surface area contributed by atoms with E-state index in [1.807, 2.05) is 6.07 Å². The minimum atomic E-state index is -0.0254. The molecule has 4 nitrogen and oxygen atoms in total. The Bertz CT molecular complexity index is 805. The molecule has 0 saturated heterocycles. The lowest BCUT2D eigenvalue weighted by molar-refractivity contribution is 0.467. The molecule has 2 heterocycles. The van der Waals surface area contributed by atoms with Gasteiger partial charge in [-0.05, 0) is 29.2 Å². The van der Waals surface area contributed by atoms with Crippen molar-refractivity contribution in [3.63, 3.8) is 0 Å². The molecule has 1 aromatic carbocycles. The van der Waals surface area contributed by atoms with E-state index >= 15 is 0 Å². The molecule has 3 rings (SSSR count). The minimum Gasteiger partial charge on any atom is -0.330 e. The zero-order valence-electron chi connectivity index (χ0n) is 12.7. The van der Waals surface area contributed by atoms with Crippen molar-refractivity contribution in [1.29, 1.82) is 0 Å². The second-order valence-corrected chi connectivity index (χ2v) is 6.15. The van der Waals surface area contributed by atoms with Crippen LogP contribution in [0, 0.1) is 0 Å². The number of nitrogens with one attached hydrogen (secondary N) is 1. The Balaban J connectivity index is 2.18. The number of nitrogens with zero attached hydrogens (tertiary/aromatic N) is 2. The summed E-state index contributed by atoms with van der Waals surface area (Å²) < 4.78 is 0. The third-order valence-corrected chi connectivity index (χ3v) is 4.79. The van der Waals surface area contributed by atoms with Crippen LogP contribution in [0.15, 0.2) is 36.5 Å². The predicted octanol–water partition coefficient (Wildman–Crippen LogP) is 3.90. The summed E-state index contributed by atoms with van der Waals surface area (Å²) in [5.74, 6) is 0. The summed E-state index contributed by atoms with van der Waals surface area (Å²) in [5.41, 5.74) is 10.0. The quantitative estimate of drug-likeness (QED) is 0.767. The molecule has 0 bridgehead atoms. The maximum Gasteiger partial charge on any atom is 0.160 e. The van der Waals surface area contributed by atoms with Crippen molar-refractivity contribution in [3.05, 3.63) is 47.2 Å². The number of aromatic nitrogens is 3. The summed E-state index contributed by atoms with van der Waals surface area (Å²) in [6.07, 6.45) is 2.76. The van der Waals surface area contributed by atoms with E-state index in [-0.39, 0.29) is 5.41 Å². The molecular formula is C17H19ClN4. The van der Waals surface area contributed by atoms with Gasteiger partial charge in [0.05, 0.1) is 5.39 Å². The van der Waals surface area contributed by atoms with Crippen LogP contribution in [0.25, 0.3) is 22.2 Å². The number of hydrogen-bond acceptors (Lipinski definition) is 3. The second-order valence-electron chi connectivity index (χ2n) is 5.80. The number of halogens is 1. The van der Waals surface area contributed by atoms with Gasteiger partial charge in [0.2, 0.25) is 0 Å². The van der Waals surface area contributed by atoms with E-state index in [0.717, 1.165) is 22.9 Å². The molecule has 0 radical (unpaired) electrons. The van der Waals surface area contributed by atoms with E-state index in [2.05, 4.69) is 53.3 Å². The fourth-order valence-corrected chi connectivity index (χ4v) is 2.92. The zero-order valence-corrected chi connectivity index (χ0v) is 13.5. The van der Waals surface area contributed by atoms with Crippen LogP contribution in [0.2, 0.25) is 5.15 Å². The fraction of sp³-hybridized carbons (Fsp3) is 0.294. The van der Waals surface area contributed by atoms with Crippen molar-refractivity contribution in [2.75, 3.05) is 6.54 Å². The molecule has 3 aromatic rings. The van der Waals surface area contributed by atoms with Crippen molar-refractivity contribution in [2.24, 2.45) is 5.73 Å². The van der Waals surface area contributed by atoms with Gasteiger partial charge in [0.1, 0.15) is 0 Å². The normalized spacial score (nSPS) is 14.2. The van der Waals surface area contributed by atoms with Gasteiger partial charge in [-0.15, -0.1) is 0 Å². The van der Waals surface area contributed by atoms with Gasteiger partial charge in [-0.2, -0.15) is 5.10 Å². The van der Waals surface area contributed by atoms with Gasteiger partial charge < -0.3 is 5.73 Å². The van der Waals surface area contributed by atoms with Crippen LogP contribution in [0.1, 0.15) is 25.8 Å². The van der Waals surface area contributed by atoms with Crippen molar-refractivity contribution in [2.45, 2.75) is 25.7 Å². The van der Waals surface area contributed by atoms with E-state index in [1.54, 1.807) is 6.20 Å². The van der Waals surface area contributed by atoms with Crippen molar-refractivity contribution in [1.82, 2.24) is 15.2 Å². The number of H-pyrrole nitrogens is 1. The van der Waals surface area contributed by atoms with Crippen molar-refractivity contribution < 1.29 is 0 Å². The molecule has 0 aliphatic rings. The first-order chi connectivity index (χ1) is 10.6. The third kappa shape index (κ3) is 2.38. The Morgan fingerprint density at radius 3 is 2.86 bits per heavy atom. The predicted molar refractivity (Wildman–Crippen MR) is 91.0 cm³/mol. The summed E-state index contributed by atoms with van der Waals surface area (Å²) >= 11 is 6.21. The SMILES string of the molecule is CCC(C)(CN)c1cccc(-c2ccnc3[nH]nc(Cl)c23)c1. The molecule has 5 heteroatoms. The Kier molecular flexibility index (Phi) is 3.89. The molecule has 0 aliphatic heterocycles. The summed E-state index contributed by atoms with van der Waals surface area (Å²) in [6.45, 7) is 4.97. The van der Waals surface area contributed by atoms with Gasteiger partial charge in [-0.1, -0.05) is 49.7 Å². The lowest BCUT2D eigenvalue weighted by Gasteiger charge is -2.27. The first-order valence-electron chi connectivity index (χ1n) is 7.38. The number of aromatic amines is 1. The molecule has 0 aliphatic carbocycles. The first kappa shape index (κ1) is 15.0. The molecular weight excluding hydrogens is 296 g/mol. The van der Waals surface area contributed by atoms with Gasteiger partial charge >= 0.3 is 0 Å². The fourth-order valence-electron chi connectivity index (χ4n) is 2.68. The number of nitrogens with two attached hydrogens (primary N) is 1. The van der Waals surface area contributed by atoms with Crippen LogP contribution in [-0.2, 0) is 5.41 Å². The van der Waals surface area contributed by atoms with Gasteiger partial charge in [-0.25, -0.2) is 4.98 Å². The highest BCUT2D eigenvalue weighted by Gasteiger charge is 2.23. The molecule has 3 N–H and O–H groups in total. The zero-order chi connectivity index (χ0) is 15.7. The Morgan fingerprint density at radius 1 is 1.32 bits per heavy atom. The Hall–Kier alpha value is -1.91. The smallest absolute Gasteiger partial charge is 0.160 e. The lowest BCUT2D eigenvalue weighted by Crippen LogP contribution is -2.30. The van der Waals surface area contributed by atoms with Gasteiger partial charge in [-0.3, -0.25) is 5.10 Å². The summed E-state index contributed by atoms with van der Waals surface area (Å²) in [4.78, 5) is 4.27. The average Bonchev–Trinajstić information content (AvgIpc) is 2.96. The van der Waals surface area contributed by atoms with E-state index in [9.17, 15) is 0 Å². The number of pyridine rings is 1. The van der Waals surface area contributed by atoms with E-state index in [4.69, 9.17) is 17.3 Å². The van der Waals surface area contributed by atoms with Crippen LogP contribution in [0.3, 0.4) is 0 Å². The summed E-state index contributed by atoms with van der Waals surface area (Å²) in [7, 11) is 0. The molecule has 0 saturated carbocycles. The third-order valence-electron chi connectivity index (χ3n) is 4.52. The lowest BCUT2D eigenvalue weighted by atomic mass is 9.79. The number of benzene rings is 1. The van der Waals surface area contributed by atoms with Crippen LogP contribution >= 0.6 is 11.6 Å². The average molecular weight is 315 g/mol.